The Labute approximate surface area is 125 Å². The van der Waals surface area contributed by atoms with Crippen LogP contribution in [-0.4, -0.2) is 37.6 Å². The number of nitrogens with zero attached hydrogens (tertiary/aromatic N) is 1. The number of carbonyl (C=O) groups excluding carboxylic acids is 1. The predicted octanol–water partition coefficient (Wildman–Crippen LogP) is 1.37. The van der Waals surface area contributed by atoms with E-state index >= 15 is 0 Å². The highest BCUT2D eigenvalue weighted by Gasteiger charge is 2.34. The van der Waals surface area contributed by atoms with Crippen LogP contribution in [0.3, 0.4) is 0 Å². The first-order chi connectivity index (χ1) is 9.84. The average Bonchev–Trinajstić information content (AvgIpc) is 2.47. The van der Waals surface area contributed by atoms with Crippen LogP contribution in [0.2, 0.25) is 0 Å². The highest BCUT2D eigenvalue weighted by atomic mass is 32.2. The van der Waals surface area contributed by atoms with Gasteiger partial charge in [0.05, 0.1) is 7.11 Å². The zero-order valence-electron chi connectivity index (χ0n) is 12.6. The summed E-state index contributed by atoms with van der Waals surface area (Å²) in [6, 6.07) is 7.08. The first kappa shape index (κ1) is 17.5. The number of methoxy groups -OCH3 is 1. The lowest BCUT2D eigenvalue weighted by atomic mass is 10.2. The number of sulfonamides is 1. The largest absolute Gasteiger partial charge is 0.468 e. The van der Waals surface area contributed by atoms with Gasteiger partial charge in [0.25, 0.3) is 0 Å². The molecule has 1 rings (SSSR count). The van der Waals surface area contributed by atoms with Gasteiger partial charge in [-0.2, -0.15) is 4.31 Å². The molecule has 1 aromatic rings. The molecular weight excluding hydrogens is 292 g/mol. The maximum Gasteiger partial charge on any atom is 0.325 e. The molecular formula is C14H22N2O4S. The molecule has 0 heterocycles. The second-order valence-electron chi connectivity index (χ2n) is 4.74. The monoisotopic (exact) mass is 314 g/mol. The van der Waals surface area contributed by atoms with E-state index in [9.17, 15) is 13.2 Å². The molecule has 0 amide bonds. The van der Waals surface area contributed by atoms with Gasteiger partial charge in [0.15, 0.2) is 5.25 Å². The van der Waals surface area contributed by atoms with E-state index in [2.05, 4.69) is 4.74 Å². The Kier molecular flexibility index (Phi) is 6.17. The Morgan fingerprint density at radius 2 is 2.00 bits per heavy atom. The minimum Gasteiger partial charge on any atom is -0.468 e. The van der Waals surface area contributed by atoms with Crippen molar-refractivity contribution >= 4 is 21.7 Å². The van der Waals surface area contributed by atoms with Gasteiger partial charge in [0.1, 0.15) is 0 Å². The molecule has 1 aromatic carbocycles. The highest BCUT2D eigenvalue weighted by molar-refractivity contribution is 7.90. The van der Waals surface area contributed by atoms with Gasteiger partial charge in [-0.15, -0.1) is 0 Å². The standard InChI is InChI=1S/C14H22N2O4S/c1-4-9-16(10-12-7-5-6-8-13(12)15)21(18,19)11(2)14(17)20-3/h5-8,11H,4,9-10,15H2,1-3H3. The summed E-state index contributed by atoms with van der Waals surface area (Å²) in [6.07, 6.45) is 0.639. The maximum absolute atomic E-state index is 12.5. The van der Waals surface area contributed by atoms with Gasteiger partial charge in [-0.3, -0.25) is 4.79 Å². The molecule has 6 nitrogen and oxygen atoms in total. The number of ether oxygens (including phenoxy) is 1. The third-order valence-electron chi connectivity index (χ3n) is 3.21. The Morgan fingerprint density at radius 1 is 1.38 bits per heavy atom. The molecule has 0 fully saturated rings. The number of nitrogen functional groups attached to an aromatic ring is 1. The van der Waals surface area contributed by atoms with Crippen LogP contribution >= 0.6 is 0 Å². The lowest BCUT2D eigenvalue weighted by Crippen LogP contribution is -2.41. The lowest BCUT2D eigenvalue weighted by Gasteiger charge is -2.25. The van der Waals surface area contributed by atoms with Gasteiger partial charge in [-0.1, -0.05) is 25.1 Å². The van der Waals surface area contributed by atoms with Crippen LogP contribution in [-0.2, 0) is 26.1 Å². The summed E-state index contributed by atoms with van der Waals surface area (Å²) in [7, 11) is -2.61. The Hall–Kier alpha value is -1.60. The predicted molar refractivity (Wildman–Crippen MR) is 82.0 cm³/mol. The lowest BCUT2D eigenvalue weighted by molar-refractivity contribution is -0.139. The first-order valence-electron chi connectivity index (χ1n) is 6.74. The number of hydrogen-bond donors (Lipinski definition) is 1. The molecule has 0 aliphatic rings. The number of carbonyl (C=O) groups is 1. The van der Waals surface area contributed by atoms with Crippen LogP contribution in [0.4, 0.5) is 5.69 Å². The zero-order valence-corrected chi connectivity index (χ0v) is 13.4. The van der Waals surface area contributed by atoms with Crippen molar-refractivity contribution in [1.29, 1.82) is 0 Å². The van der Waals surface area contributed by atoms with E-state index in [0.29, 0.717) is 24.2 Å². The summed E-state index contributed by atoms with van der Waals surface area (Å²) < 4.78 is 30.9. The SMILES string of the molecule is CCCN(Cc1ccccc1N)S(=O)(=O)C(C)C(=O)OC. The summed E-state index contributed by atoms with van der Waals surface area (Å²) in [5.74, 6) is -0.767. The van der Waals surface area contributed by atoms with Gasteiger partial charge in [-0.05, 0) is 25.0 Å². The molecule has 21 heavy (non-hydrogen) atoms. The molecule has 1 atom stereocenters. The van der Waals surface area contributed by atoms with Crippen LogP contribution in [0.25, 0.3) is 0 Å². The van der Waals surface area contributed by atoms with Gasteiger partial charge in [0.2, 0.25) is 10.0 Å². The number of anilines is 1. The highest BCUT2D eigenvalue weighted by Crippen LogP contribution is 2.19. The summed E-state index contributed by atoms with van der Waals surface area (Å²) in [4.78, 5) is 11.5. The number of para-hydroxylation sites is 1. The summed E-state index contributed by atoms with van der Waals surface area (Å²) >= 11 is 0. The number of nitrogens with two attached hydrogens (primary N) is 1. The molecule has 0 aliphatic heterocycles. The topological polar surface area (TPSA) is 89.7 Å². The number of benzene rings is 1. The molecule has 0 aromatic heterocycles. The van der Waals surface area contributed by atoms with Gasteiger partial charge < -0.3 is 10.5 Å². The van der Waals surface area contributed by atoms with Crippen molar-refractivity contribution < 1.29 is 17.9 Å². The van der Waals surface area contributed by atoms with Crippen molar-refractivity contribution in [1.82, 2.24) is 4.31 Å². The van der Waals surface area contributed by atoms with Crippen LogP contribution in [0, 0.1) is 0 Å². The molecule has 7 heteroatoms. The minimum absolute atomic E-state index is 0.143. The van der Waals surface area contributed by atoms with E-state index in [4.69, 9.17) is 5.73 Å². The minimum atomic E-state index is -3.79. The van der Waals surface area contributed by atoms with E-state index in [0.717, 1.165) is 0 Å². The first-order valence-corrected chi connectivity index (χ1v) is 8.25. The molecule has 2 N–H and O–H groups in total. The van der Waals surface area contributed by atoms with Crippen molar-refractivity contribution in [3.05, 3.63) is 29.8 Å². The third-order valence-corrected chi connectivity index (χ3v) is 5.33. The molecule has 0 saturated carbocycles. The third kappa shape index (κ3) is 4.18. The van der Waals surface area contributed by atoms with Gasteiger partial charge in [-0.25, -0.2) is 8.42 Å². The van der Waals surface area contributed by atoms with E-state index in [-0.39, 0.29) is 6.54 Å². The van der Waals surface area contributed by atoms with Crippen LogP contribution in [0.1, 0.15) is 25.8 Å². The molecule has 0 bridgehead atoms. The Balaban J connectivity index is 3.06. The van der Waals surface area contributed by atoms with Crippen molar-refractivity contribution in [2.75, 3.05) is 19.4 Å². The van der Waals surface area contributed by atoms with Gasteiger partial charge >= 0.3 is 5.97 Å². The number of rotatable bonds is 7. The van der Waals surface area contributed by atoms with E-state index < -0.39 is 21.2 Å². The van der Waals surface area contributed by atoms with Crippen LogP contribution in [0.5, 0.6) is 0 Å². The maximum atomic E-state index is 12.5. The van der Waals surface area contributed by atoms with Crippen molar-refractivity contribution in [2.24, 2.45) is 0 Å². The molecule has 0 spiro atoms. The van der Waals surface area contributed by atoms with Crippen molar-refractivity contribution in [3.63, 3.8) is 0 Å². The normalized spacial score (nSPS) is 13.1. The summed E-state index contributed by atoms with van der Waals surface area (Å²) in [5.41, 5.74) is 7.10. The second kappa shape index (κ2) is 7.42. The number of hydrogen-bond acceptors (Lipinski definition) is 5. The van der Waals surface area contributed by atoms with Crippen LogP contribution in [0.15, 0.2) is 24.3 Å². The molecule has 118 valence electrons. The quantitative estimate of drug-likeness (QED) is 0.606. The van der Waals surface area contributed by atoms with Crippen LogP contribution < -0.4 is 5.73 Å². The fraction of sp³-hybridized carbons (Fsp3) is 0.500. The fourth-order valence-electron chi connectivity index (χ4n) is 1.93. The van der Waals surface area contributed by atoms with Crippen molar-refractivity contribution in [2.45, 2.75) is 32.1 Å². The smallest absolute Gasteiger partial charge is 0.325 e. The molecule has 0 aliphatic carbocycles. The second-order valence-corrected chi connectivity index (χ2v) is 7.00. The average molecular weight is 314 g/mol. The molecule has 1 unspecified atom stereocenters. The summed E-state index contributed by atoms with van der Waals surface area (Å²) in [5, 5.41) is -1.24. The fourth-order valence-corrected chi connectivity index (χ4v) is 3.47. The zero-order chi connectivity index (χ0) is 16.0. The Morgan fingerprint density at radius 3 is 2.52 bits per heavy atom. The van der Waals surface area contributed by atoms with Gasteiger partial charge in [0, 0.05) is 18.8 Å². The van der Waals surface area contributed by atoms with E-state index in [1.807, 2.05) is 6.92 Å². The molecule has 0 saturated heterocycles. The van der Waals surface area contributed by atoms with Crippen molar-refractivity contribution in [3.8, 4) is 0 Å². The summed E-state index contributed by atoms with van der Waals surface area (Å²) in [6.45, 7) is 3.67. The number of esters is 1. The van der Waals surface area contributed by atoms with E-state index in [1.54, 1.807) is 24.3 Å². The van der Waals surface area contributed by atoms with E-state index in [1.165, 1.54) is 18.3 Å². The molecule has 0 radical (unpaired) electrons. The Bertz CT molecular complexity index is 586.